The van der Waals surface area contributed by atoms with E-state index >= 15 is 0 Å². The third-order valence-electron chi connectivity index (χ3n) is 5.31. The van der Waals surface area contributed by atoms with Crippen LogP contribution in [0.4, 0.5) is 5.69 Å². The van der Waals surface area contributed by atoms with Crippen molar-refractivity contribution in [3.8, 4) is 0 Å². The fraction of sp³-hybridized carbons (Fsp3) is 0.182. The normalized spacial score (nSPS) is 23.7. The Morgan fingerprint density at radius 1 is 0.897 bits per heavy atom. The Hall–Kier alpha value is -3.09. The van der Waals surface area contributed by atoms with Crippen molar-refractivity contribution in [3.63, 3.8) is 0 Å². The molecule has 29 heavy (non-hydrogen) atoms. The van der Waals surface area contributed by atoms with Gasteiger partial charge in [-0.25, -0.2) is 5.06 Å². The minimum atomic E-state index is -0.892. The van der Waals surface area contributed by atoms with Crippen molar-refractivity contribution in [1.29, 1.82) is 0 Å². The minimum Gasteiger partial charge on any atom is -0.467 e. The molecule has 2 saturated heterocycles. The van der Waals surface area contributed by atoms with Crippen LogP contribution in [-0.2, 0) is 21.0 Å². The molecule has 146 valence electrons. The molecule has 2 aliphatic rings. The number of halogens is 1. The van der Waals surface area contributed by atoms with Crippen LogP contribution in [0.2, 0.25) is 5.02 Å². The molecule has 2 aromatic carbocycles. The van der Waals surface area contributed by atoms with Crippen molar-refractivity contribution < 1.29 is 18.8 Å². The summed E-state index contributed by atoms with van der Waals surface area (Å²) in [5.74, 6) is -0.721. The topological polar surface area (TPSA) is 63.0 Å². The van der Waals surface area contributed by atoms with Crippen molar-refractivity contribution in [2.24, 2.45) is 5.92 Å². The molecule has 0 bridgehead atoms. The fourth-order valence-electron chi connectivity index (χ4n) is 3.95. The molecule has 2 amide bonds. The number of amides is 2. The zero-order valence-corrected chi connectivity index (χ0v) is 16.0. The van der Waals surface area contributed by atoms with Crippen LogP contribution >= 0.6 is 11.6 Å². The van der Waals surface area contributed by atoms with Gasteiger partial charge in [-0.3, -0.25) is 19.3 Å². The van der Waals surface area contributed by atoms with Crippen LogP contribution in [-0.4, -0.2) is 22.8 Å². The van der Waals surface area contributed by atoms with E-state index in [0.29, 0.717) is 16.5 Å². The molecule has 0 aliphatic carbocycles. The molecule has 7 heteroatoms. The maximum atomic E-state index is 13.3. The van der Waals surface area contributed by atoms with E-state index in [-0.39, 0.29) is 18.4 Å². The maximum Gasteiger partial charge on any atom is 0.262 e. The molecule has 0 radical (unpaired) electrons. The summed E-state index contributed by atoms with van der Waals surface area (Å²) < 4.78 is 5.61. The molecule has 1 aromatic heterocycles. The lowest BCUT2D eigenvalue weighted by atomic mass is 9.94. The van der Waals surface area contributed by atoms with Crippen molar-refractivity contribution >= 4 is 29.1 Å². The number of rotatable bonds is 4. The van der Waals surface area contributed by atoms with Gasteiger partial charge in [-0.2, -0.15) is 0 Å². The number of carbonyl (C=O) groups excluding carboxylic acids is 2. The van der Waals surface area contributed by atoms with Gasteiger partial charge < -0.3 is 4.42 Å². The van der Waals surface area contributed by atoms with Gasteiger partial charge in [0.25, 0.3) is 5.91 Å². The molecule has 3 aromatic rings. The van der Waals surface area contributed by atoms with Gasteiger partial charge in [0.05, 0.1) is 18.5 Å². The van der Waals surface area contributed by atoms with Gasteiger partial charge in [-0.1, -0.05) is 41.9 Å². The number of fused-ring (bicyclic) bond motifs is 1. The van der Waals surface area contributed by atoms with Gasteiger partial charge in [-0.05, 0) is 42.0 Å². The molecular formula is C22H17ClN2O4. The van der Waals surface area contributed by atoms with E-state index in [2.05, 4.69) is 0 Å². The van der Waals surface area contributed by atoms with E-state index < -0.39 is 18.1 Å². The van der Waals surface area contributed by atoms with Crippen molar-refractivity contribution in [3.05, 3.63) is 89.3 Å². The van der Waals surface area contributed by atoms with Crippen LogP contribution < -0.4 is 5.06 Å². The number of benzene rings is 2. The number of imide groups is 1. The lowest BCUT2D eigenvalue weighted by Gasteiger charge is -2.27. The highest BCUT2D eigenvalue weighted by Crippen LogP contribution is 2.47. The molecule has 6 nitrogen and oxygen atoms in total. The Balaban J connectivity index is 1.50. The highest BCUT2D eigenvalue weighted by Gasteiger charge is 2.60. The first kappa shape index (κ1) is 18.0. The largest absolute Gasteiger partial charge is 0.467 e. The second kappa shape index (κ2) is 7.06. The number of hydrogen-bond acceptors (Lipinski definition) is 5. The van der Waals surface area contributed by atoms with E-state index in [9.17, 15) is 9.59 Å². The molecule has 3 heterocycles. The Morgan fingerprint density at radius 3 is 2.34 bits per heavy atom. The van der Waals surface area contributed by atoms with Gasteiger partial charge in [0.1, 0.15) is 17.7 Å². The summed E-state index contributed by atoms with van der Waals surface area (Å²) in [7, 11) is 0. The maximum absolute atomic E-state index is 13.3. The number of carbonyl (C=O) groups is 2. The number of likely N-dealkylation sites (tertiary alicyclic amines) is 1. The molecule has 0 spiro atoms. The number of anilines is 1. The minimum absolute atomic E-state index is 0.223. The summed E-state index contributed by atoms with van der Waals surface area (Å²) >= 11 is 6.00. The van der Waals surface area contributed by atoms with Gasteiger partial charge in [0, 0.05) is 5.02 Å². The zero-order valence-electron chi connectivity index (χ0n) is 15.3. The lowest BCUT2D eigenvalue weighted by Crippen LogP contribution is -2.36. The second-order valence-electron chi connectivity index (χ2n) is 7.06. The molecule has 0 saturated carbocycles. The first-order valence-corrected chi connectivity index (χ1v) is 9.65. The quantitative estimate of drug-likeness (QED) is 0.611. The molecule has 0 N–H and O–H groups in total. The number of furan rings is 1. The Morgan fingerprint density at radius 2 is 1.66 bits per heavy atom. The predicted molar refractivity (Wildman–Crippen MR) is 106 cm³/mol. The van der Waals surface area contributed by atoms with E-state index in [1.54, 1.807) is 47.7 Å². The molecule has 0 unspecified atom stereocenters. The van der Waals surface area contributed by atoms with Gasteiger partial charge >= 0.3 is 0 Å². The first-order chi connectivity index (χ1) is 14.1. The molecule has 2 aliphatic heterocycles. The van der Waals surface area contributed by atoms with E-state index in [0.717, 1.165) is 5.56 Å². The summed E-state index contributed by atoms with van der Waals surface area (Å²) in [4.78, 5) is 33.6. The highest BCUT2D eigenvalue weighted by atomic mass is 35.5. The van der Waals surface area contributed by atoms with Crippen molar-refractivity contribution in [2.75, 3.05) is 5.06 Å². The van der Waals surface area contributed by atoms with Crippen LogP contribution in [0.25, 0.3) is 0 Å². The summed E-state index contributed by atoms with van der Waals surface area (Å²) in [5.41, 5.74) is 1.58. The van der Waals surface area contributed by atoms with Crippen LogP contribution in [0.3, 0.4) is 0 Å². The Kier molecular flexibility index (Phi) is 4.38. The zero-order chi connectivity index (χ0) is 20.0. The SMILES string of the molecule is O=C1[C@@H]2[C@@H](ON(c3ccc(Cl)cc3)[C@H]2c2ccco2)C(=O)N1Cc1ccccc1. The molecule has 2 fully saturated rings. The van der Waals surface area contributed by atoms with Crippen molar-refractivity contribution in [2.45, 2.75) is 18.7 Å². The van der Waals surface area contributed by atoms with Crippen LogP contribution in [0.1, 0.15) is 17.4 Å². The highest BCUT2D eigenvalue weighted by molar-refractivity contribution is 6.30. The average Bonchev–Trinajstić information content (AvgIpc) is 3.44. The Bertz CT molecular complexity index is 1040. The summed E-state index contributed by atoms with van der Waals surface area (Å²) in [6.07, 6.45) is 0.656. The second-order valence-corrected chi connectivity index (χ2v) is 7.50. The summed E-state index contributed by atoms with van der Waals surface area (Å²) in [5, 5.41) is 2.17. The van der Waals surface area contributed by atoms with Crippen molar-refractivity contribution in [1.82, 2.24) is 4.90 Å². The monoisotopic (exact) mass is 408 g/mol. The predicted octanol–water partition coefficient (Wildman–Crippen LogP) is 3.98. The first-order valence-electron chi connectivity index (χ1n) is 9.27. The summed E-state index contributed by atoms with van der Waals surface area (Å²) in [6, 6.07) is 19.5. The molecule has 5 rings (SSSR count). The third kappa shape index (κ3) is 3.01. The number of hydroxylamine groups is 1. The van der Waals surface area contributed by atoms with Gasteiger partial charge in [0.2, 0.25) is 5.91 Å². The third-order valence-corrected chi connectivity index (χ3v) is 5.56. The van der Waals surface area contributed by atoms with E-state index in [1.807, 2.05) is 30.3 Å². The smallest absolute Gasteiger partial charge is 0.262 e. The Labute approximate surface area is 172 Å². The number of hydrogen-bond donors (Lipinski definition) is 0. The van der Waals surface area contributed by atoms with Crippen LogP contribution in [0, 0.1) is 5.92 Å². The van der Waals surface area contributed by atoms with E-state index in [1.165, 1.54) is 4.90 Å². The lowest BCUT2D eigenvalue weighted by molar-refractivity contribution is -0.143. The van der Waals surface area contributed by atoms with E-state index in [4.69, 9.17) is 20.9 Å². The van der Waals surface area contributed by atoms with Gasteiger partial charge in [0.15, 0.2) is 6.10 Å². The average molecular weight is 409 g/mol. The fourth-order valence-corrected chi connectivity index (χ4v) is 4.08. The molecule has 3 atom stereocenters. The van der Waals surface area contributed by atoms with Crippen LogP contribution in [0.5, 0.6) is 0 Å². The standard InChI is InChI=1S/C22H17ClN2O4/c23-15-8-10-16(11-9-15)25-19(17-7-4-12-28-17)18-20(29-25)22(27)24(21(18)26)13-14-5-2-1-3-6-14/h1-12,18-20H,13H2/t18-,19-,20+/m0/s1. The number of nitrogens with zero attached hydrogens (tertiary/aromatic N) is 2. The summed E-state index contributed by atoms with van der Waals surface area (Å²) in [6.45, 7) is 0.223. The molecular weight excluding hydrogens is 392 g/mol. The van der Waals surface area contributed by atoms with Gasteiger partial charge in [-0.15, -0.1) is 0 Å². The van der Waals surface area contributed by atoms with Crippen LogP contribution in [0.15, 0.2) is 77.4 Å².